The highest BCUT2D eigenvalue weighted by atomic mass is 32.2. The molecule has 1 aromatic rings. The lowest BCUT2D eigenvalue weighted by Gasteiger charge is -2.32. The maximum absolute atomic E-state index is 12.5. The number of furan rings is 1. The Kier molecular flexibility index (Phi) is 4.75. The number of nitrogens with one attached hydrogen (secondary N) is 1. The molecule has 2 aliphatic rings. The van der Waals surface area contributed by atoms with Crippen molar-refractivity contribution in [3.63, 3.8) is 0 Å². The Bertz CT molecular complexity index is 710. The summed E-state index contributed by atoms with van der Waals surface area (Å²) in [5, 5.41) is 2.51. The minimum atomic E-state index is -3.13. The molecule has 1 aromatic heterocycles. The Balaban J connectivity index is 1.75. The highest BCUT2D eigenvalue weighted by molar-refractivity contribution is 7.92. The molecule has 2 aliphatic heterocycles. The highest BCUT2D eigenvalue weighted by Gasteiger charge is 2.50. The molecule has 7 heteroatoms. The smallest absolute Gasteiger partial charge is 0.223 e. The van der Waals surface area contributed by atoms with Crippen molar-refractivity contribution in [2.24, 2.45) is 11.8 Å². The number of carbonyl (C=O) groups is 1. The fourth-order valence-corrected chi connectivity index (χ4v) is 6.07. The van der Waals surface area contributed by atoms with Crippen LogP contribution in [0.5, 0.6) is 0 Å². The third kappa shape index (κ3) is 3.52. The molecule has 0 bridgehead atoms. The first-order valence-electron chi connectivity index (χ1n) is 8.56. The fourth-order valence-electron chi connectivity index (χ4n) is 3.94. The van der Waals surface area contributed by atoms with Crippen molar-refractivity contribution in [3.05, 3.63) is 23.7 Å². The molecule has 1 amide bonds. The maximum atomic E-state index is 12.5. The predicted molar refractivity (Wildman–Crippen MR) is 91.2 cm³/mol. The lowest BCUT2D eigenvalue weighted by atomic mass is 9.87. The van der Waals surface area contributed by atoms with Gasteiger partial charge in [-0.2, -0.15) is 0 Å². The Labute approximate surface area is 143 Å². The summed E-state index contributed by atoms with van der Waals surface area (Å²) in [7, 11) is -3.13. The second-order valence-electron chi connectivity index (χ2n) is 7.33. The average Bonchev–Trinajstić information content (AvgIpc) is 3.05. The summed E-state index contributed by atoms with van der Waals surface area (Å²) in [5.74, 6) is 1.45. The van der Waals surface area contributed by atoms with Crippen LogP contribution in [0.15, 0.2) is 16.5 Å². The molecule has 3 heterocycles. The minimum absolute atomic E-state index is 0.00871. The predicted octanol–water partition coefficient (Wildman–Crippen LogP) is 1.35. The molecule has 3 rings (SSSR count). The van der Waals surface area contributed by atoms with E-state index in [4.69, 9.17) is 4.42 Å². The first kappa shape index (κ1) is 17.5. The number of likely N-dealkylation sites (tertiary alicyclic amines) is 1. The van der Waals surface area contributed by atoms with Gasteiger partial charge in [0, 0.05) is 31.0 Å². The van der Waals surface area contributed by atoms with Crippen LogP contribution in [0.3, 0.4) is 0 Å². The molecule has 134 valence electrons. The van der Waals surface area contributed by atoms with Crippen LogP contribution in [-0.2, 0) is 21.2 Å². The number of rotatable bonds is 4. The van der Waals surface area contributed by atoms with Crippen LogP contribution in [0.1, 0.15) is 31.8 Å². The van der Waals surface area contributed by atoms with Crippen molar-refractivity contribution >= 4 is 15.7 Å². The van der Waals surface area contributed by atoms with Crippen molar-refractivity contribution in [2.75, 3.05) is 18.8 Å². The summed E-state index contributed by atoms with van der Waals surface area (Å²) in [6.45, 7) is 7.45. The van der Waals surface area contributed by atoms with E-state index in [1.165, 1.54) is 0 Å². The molecular formula is C17H26N2O4S. The van der Waals surface area contributed by atoms with E-state index in [-0.39, 0.29) is 29.5 Å². The van der Waals surface area contributed by atoms with Crippen molar-refractivity contribution in [3.8, 4) is 0 Å². The fraction of sp³-hybridized carbons (Fsp3) is 0.706. The topological polar surface area (TPSA) is 79.6 Å². The lowest BCUT2D eigenvalue weighted by Crippen LogP contribution is -2.48. The van der Waals surface area contributed by atoms with Crippen LogP contribution < -0.4 is 5.32 Å². The Morgan fingerprint density at radius 2 is 2.12 bits per heavy atom. The van der Waals surface area contributed by atoms with E-state index in [1.807, 2.05) is 32.9 Å². The molecule has 0 unspecified atom stereocenters. The van der Waals surface area contributed by atoms with Gasteiger partial charge in [-0.15, -0.1) is 0 Å². The van der Waals surface area contributed by atoms with Crippen LogP contribution in [0.4, 0.5) is 0 Å². The summed E-state index contributed by atoms with van der Waals surface area (Å²) in [6, 6.07) is 3.90. The van der Waals surface area contributed by atoms with Crippen molar-refractivity contribution < 1.29 is 17.6 Å². The molecule has 0 aromatic carbocycles. The zero-order valence-corrected chi connectivity index (χ0v) is 15.3. The highest BCUT2D eigenvalue weighted by Crippen LogP contribution is 2.37. The average molecular weight is 354 g/mol. The first-order chi connectivity index (χ1) is 11.3. The van der Waals surface area contributed by atoms with Gasteiger partial charge in [0.05, 0.1) is 17.5 Å². The van der Waals surface area contributed by atoms with Crippen LogP contribution in [0.25, 0.3) is 0 Å². The molecule has 2 saturated heterocycles. The van der Waals surface area contributed by atoms with E-state index in [1.54, 1.807) is 0 Å². The van der Waals surface area contributed by atoms with Gasteiger partial charge < -0.3 is 9.73 Å². The van der Waals surface area contributed by atoms with Gasteiger partial charge >= 0.3 is 0 Å². The number of hydrogen-bond donors (Lipinski definition) is 1. The van der Waals surface area contributed by atoms with Gasteiger partial charge in [0.15, 0.2) is 9.84 Å². The number of aryl methyl sites for hydroxylation is 1. The molecule has 2 fully saturated rings. The zero-order valence-electron chi connectivity index (χ0n) is 14.5. The molecular weight excluding hydrogens is 328 g/mol. The number of nitrogens with zero attached hydrogens (tertiary/aromatic N) is 1. The number of carbonyl (C=O) groups excluding carboxylic acids is 1. The third-order valence-corrected chi connectivity index (χ3v) is 7.25. The number of amides is 1. The van der Waals surface area contributed by atoms with E-state index in [2.05, 4.69) is 10.2 Å². The van der Waals surface area contributed by atoms with Crippen LogP contribution in [0, 0.1) is 18.8 Å². The number of sulfone groups is 1. The maximum Gasteiger partial charge on any atom is 0.223 e. The van der Waals surface area contributed by atoms with Crippen molar-refractivity contribution in [2.45, 2.75) is 45.0 Å². The van der Waals surface area contributed by atoms with Gasteiger partial charge in [-0.05, 0) is 39.3 Å². The third-order valence-electron chi connectivity index (χ3n) is 5.02. The van der Waals surface area contributed by atoms with E-state index < -0.39 is 15.1 Å². The molecule has 0 radical (unpaired) electrons. The zero-order chi connectivity index (χ0) is 17.5. The molecule has 0 aliphatic carbocycles. The molecule has 1 N–H and O–H groups in total. The van der Waals surface area contributed by atoms with Crippen LogP contribution in [0.2, 0.25) is 0 Å². The lowest BCUT2D eigenvalue weighted by molar-refractivity contribution is -0.127. The minimum Gasteiger partial charge on any atom is -0.465 e. The molecule has 0 saturated carbocycles. The summed E-state index contributed by atoms with van der Waals surface area (Å²) < 4.78 is 30.6. The van der Waals surface area contributed by atoms with Crippen molar-refractivity contribution in [1.82, 2.24) is 10.2 Å². The Hall–Kier alpha value is -1.34. The largest absolute Gasteiger partial charge is 0.465 e. The molecule has 3 atom stereocenters. The second kappa shape index (κ2) is 6.52. The first-order valence-corrected chi connectivity index (χ1v) is 10.3. The quantitative estimate of drug-likeness (QED) is 0.883. The molecule has 6 nitrogen and oxygen atoms in total. The summed E-state index contributed by atoms with van der Waals surface area (Å²) >= 11 is 0. The second-order valence-corrected chi connectivity index (χ2v) is 9.67. The van der Waals surface area contributed by atoms with Gasteiger partial charge in [0.2, 0.25) is 5.91 Å². The van der Waals surface area contributed by atoms with Gasteiger partial charge in [0.25, 0.3) is 0 Å². The van der Waals surface area contributed by atoms with E-state index in [0.29, 0.717) is 26.1 Å². The molecule has 24 heavy (non-hydrogen) atoms. The summed E-state index contributed by atoms with van der Waals surface area (Å²) in [6.07, 6.45) is 0.426. The monoisotopic (exact) mass is 354 g/mol. The van der Waals surface area contributed by atoms with E-state index in [9.17, 15) is 13.2 Å². The summed E-state index contributed by atoms with van der Waals surface area (Å²) in [4.78, 5) is 14.6. The normalized spacial score (nSPS) is 29.6. The SMILES string of the molecule is Cc1ccc(CN2C[C@@H]3[C@@H](C(=O)NC(C)C)CCS(=O)(=O)[C@@H]3C2)o1. The summed E-state index contributed by atoms with van der Waals surface area (Å²) in [5.41, 5.74) is 0. The van der Waals surface area contributed by atoms with Gasteiger partial charge in [-0.25, -0.2) is 8.42 Å². The standard InChI is InChI=1S/C17H26N2O4S/c1-11(2)18-17(20)14-6-7-24(21,22)16-10-19(9-15(14)16)8-13-5-4-12(3)23-13/h4-5,11,14-16H,6-10H2,1-3H3,(H,18,20)/t14-,15+,16+/m0/s1. The van der Waals surface area contributed by atoms with Gasteiger partial charge in [0.1, 0.15) is 11.5 Å². The van der Waals surface area contributed by atoms with Crippen LogP contribution >= 0.6 is 0 Å². The van der Waals surface area contributed by atoms with Crippen LogP contribution in [-0.4, -0.2) is 49.4 Å². The van der Waals surface area contributed by atoms with E-state index >= 15 is 0 Å². The van der Waals surface area contributed by atoms with Crippen molar-refractivity contribution in [1.29, 1.82) is 0 Å². The van der Waals surface area contributed by atoms with Gasteiger partial charge in [-0.1, -0.05) is 0 Å². The molecule has 0 spiro atoms. The Morgan fingerprint density at radius 1 is 1.38 bits per heavy atom. The number of fused-ring (bicyclic) bond motifs is 1. The van der Waals surface area contributed by atoms with E-state index in [0.717, 1.165) is 11.5 Å². The Morgan fingerprint density at radius 3 is 2.75 bits per heavy atom. The number of hydrogen-bond acceptors (Lipinski definition) is 5. The van der Waals surface area contributed by atoms with Gasteiger partial charge in [-0.3, -0.25) is 9.69 Å².